The molecule has 5 rings (SSSR count). The van der Waals surface area contributed by atoms with Crippen molar-refractivity contribution in [1.29, 1.82) is 0 Å². The van der Waals surface area contributed by atoms with Gasteiger partial charge in [0.25, 0.3) is 17.9 Å². The number of hydrogen-bond acceptors (Lipinski definition) is 8. The zero-order valence-corrected chi connectivity index (χ0v) is 24.0. The number of carbonyl (C=O) groups excluding carboxylic acids is 1. The number of likely N-dealkylation sites (N-methyl/N-ethyl adjacent to an activating group) is 1. The molecule has 13 heteroatoms. The standard InChI is InChI=1S/C29H34F3N7O3/c1-17-14-39(15-18(2)37(17)4)25-13-22(30)20(23-5-6-33-29(35-23)38-7-9-42-10-8-38)11-24(25)34-28(41)21-16-36(3)26(40)12-19(21)27(31)32/h5-6,11-13,16-18,27H,7-10,14-15H2,1-4H3,(H,34,41)/t17-,18+. The lowest BCUT2D eigenvalue weighted by molar-refractivity contribution is 0.101. The highest BCUT2D eigenvalue weighted by Crippen LogP contribution is 2.36. The number of nitrogens with one attached hydrogen (secondary N) is 1. The number of halogens is 3. The van der Waals surface area contributed by atoms with Gasteiger partial charge in [0.05, 0.1) is 35.8 Å². The van der Waals surface area contributed by atoms with Crippen LogP contribution in [0.4, 0.5) is 30.5 Å². The molecule has 0 unspecified atom stereocenters. The molecule has 0 radical (unpaired) electrons. The third-order valence-corrected chi connectivity index (χ3v) is 7.99. The number of carbonyl (C=O) groups is 1. The lowest BCUT2D eigenvalue weighted by Crippen LogP contribution is -2.55. The third-order valence-electron chi connectivity index (χ3n) is 7.99. The van der Waals surface area contributed by atoms with Crippen LogP contribution in [-0.2, 0) is 11.8 Å². The van der Waals surface area contributed by atoms with Gasteiger partial charge in [-0.2, -0.15) is 0 Å². The van der Waals surface area contributed by atoms with E-state index in [9.17, 15) is 18.4 Å². The zero-order chi connectivity index (χ0) is 30.1. The largest absolute Gasteiger partial charge is 0.378 e. The predicted molar refractivity (Wildman–Crippen MR) is 154 cm³/mol. The van der Waals surface area contributed by atoms with E-state index in [1.54, 1.807) is 12.3 Å². The number of amides is 1. The normalized spacial score (nSPS) is 19.8. The summed E-state index contributed by atoms with van der Waals surface area (Å²) in [5.74, 6) is -0.964. The number of anilines is 3. The van der Waals surface area contributed by atoms with Gasteiger partial charge in [0.1, 0.15) is 5.82 Å². The van der Waals surface area contributed by atoms with Crippen LogP contribution in [0.3, 0.4) is 0 Å². The lowest BCUT2D eigenvalue weighted by atomic mass is 10.0. The molecule has 4 heterocycles. The summed E-state index contributed by atoms with van der Waals surface area (Å²) in [6.07, 6.45) is -0.411. The Labute approximate surface area is 241 Å². The molecule has 0 bridgehead atoms. The molecule has 0 saturated carbocycles. The van der Waals surface area contributed by atoms with Crippen molar-refractivity contribution in [3.63, 3.8) is 0 Å². The van der Waals surface area contributed by atoms with E-state index < -0.39 is 29.3 Å². The Morgan fingerprint density at radius 2 is 1.76 bits per heavy atom. The molecule has 224 valence electrons. The van der Waals surface area contributed by atoms with E-state index in [0.717, 1.165) is 16.8 Å². The first-order chi connectivity index (χ1) is 20.0. The van der Waals surface area contributed by atoms with Gasteiger partial charge in [-0.3, -0.25) is 14.5 Å². The SMILES string of the molecule is C[C@@H]1CN(c2cc(F)c(-c3ccnc(N4CCOCC4)n3)cc2NC(=O)c2cn(C)c(=O)cc2C(F)F)C[C@H](C)N1C. The molecule has 1 N–H and O–H groups in total. The molecule has 0 spiro atoms. The second-order valence-corrected chi connectivity index (χ2v) is 10.8. The van der Waals surface area contributed by atoms with Crippen LogP contribution in [0, 0.1) is 5.82 Å². The van der Waals surface area contributed by atoms with Gasteiger partial charge in [-0.05, 0) is 39.1 Å². The molecule has 10 nitrogen and oxygen atoms in total. The average Bonchev–Trinajstić information content (AvgIpc) is 2.97. The van der Waals surface area contributed by atoms with Crippen LogP contribution >= 0.6 is 0 Å². The Hall–Kier alpha value is -3.97. The maximum absolute atomic E-state index is 15.9. The number of alkyl halides is 2. The van der Waals surface area contributed by atoms with Gasteiger partial charge in [0.15, 0.2) is 0 Å². The monoisotopic (exact) mass is 585 g/mol. The Morgan fingerprint density at radius 1 is 1.07 bits per heavy atom. The molecule has 2 fully saturated rings. The van der Waals surface area contributed by atoms with E-state index >= 15 is 4.39 Å². The summed E-state index contributed by atoms with van der Waals surface area (Å²) in [5, 5.41) is 2.74. The first-order valence-corrected chi connectivity index (χ1v) is 13.8. The summed E-state index contributed by atoms with van der Waals surface area (Å²) in [6, 6.07) is 5.43. The smallest absolute Gasteiger partial charge is 0.264 e. The first-order valence-electron chi connectivity index (χ1n) is 13.8. The van der Waals surface area contributed by atoms with E-state index in [4.69, 9.17) is 4.74 Å². The highest BCUT2D eigenvalue weighted by Gasteiger charge is 2.30. The Bertz CT molecular complexity index is 1510. The topological polar surface area (TPSA) is 95.8 Å². The number of ether oxygens (including phenoxy) is 1. The minimum atomic E-state index is -3.04. The van der Waals surface area contributed by atoms with Gasteiger partial charge in [-0.1, -0.05) is 0 Å². The fourth-order valence-corrected chi connectivity index (χ4v) is 5.34. The number of nitrogens with zero attached hydrogens (tertiary/aromatic N) is 6. The van der Waals surface area contributed by atoms with Crippen molar-refractivity contribution in [2.45, 2.75) is 32.4 Å². The molecule has 2 aliphatic rings. The first kappa shape index (κ1) is 29.5. The van der Waals surface area contributed by atoms with E-state index in [1.807, 2.05) is 16.8 Å². The predicted octanol–water partition coefficient (Wildman–Crippen LogP) is 3.54. The fourth-order valence-electron chi connectivity index (χ4n) is 5.34. The van der Waals surface area contributed by atoms with Crippen molar-refractivity contribution in [3.05, 3.63) is 64.0 Å². The number of piperazine rings is 1. The van der Waals surface area contributed by atoms with Gasteiger partial charge < -0.3 is 24.4 Å². The van der Waals surface area contributed by atoms with Crippen molar-refractivity contribution >= 4 is 23.2 Å². The van der Waals surface area contributed by atoms with Gasteiger partial charge in [0.2, 0.25) is 5.95 Å². The molecule has 1 aromatic carbocycles. The summed E-state index contributed by atoms with van der Waals surface area (Å²) in [6.45, 7) is 7.47. The maximum Gasteiger partial charge on any atom is 0.264 e. The molecule has 2 aromatic heterocycles. The second-order valence-electron chi connectivity index (χ2n) is 10.8. The van der Waals surface area contributed by atoms with Crippen molar-refractivity contribution < 1.29 is 22.7 Å². The summed E-state index contributed by atoms with van der Waals surface area (Å²) >= 11 is 0. The molecule has 0 aliphatic carbocycles. The third kappa shape index (κ3) is 5.97. The lowest BCUT2D eigenvalue weighted by Gasteiger charge is -2.44. The van der Waals surface area contributed by atoms with E-state index in [1.165, 1.54) is 19.2 Å². The number of aryl methyl sites for hydroxylation is 1. The zero-order valence-electron chi connectivity index (χ0n) is 24.0. The van der Waals surface area contributed by atoms with Crippen LogP contribution in [0.2, 0.25) is 0 Å². The van der Waals surface area contributed by atoms with Crippen LogP contribution in [0.15, 0.2) is 41.5 Å². The van der Waals surface area contributed by atoms with Gasteiger partial charge >= 0.3 is 0 Å². The number of aromatic nitrogens is 3. The molecular weight excluding hydrogens is 551 g/mol. The van der Waals surface area contributed by atoms with Crippen LogP contribution in [0.25, 0.3) is 11.3 Å². The van der Waals surface area contributed by atoms with Crippen LogP contribution < -0.4 is 20.7 Å². The molecule has 42 heavy (non-hydrogen) atoms. The quantitative estimate of drug-likeness (QED) is 0.470. The molecule has 3 aromatic rings. The minimum Gasteiger partial charge on any atom is -0.378 e. The second kappa shape index (κ2) is 12.1. The van der Waals surface area contributed by atoms with E-state index in [0.29, 0.717) is 56.7 Å². The highest BCUT2D eigenvalue weighted by molar-refractivity contribution is 6.07. The Kier molecular flexibility index (Phi) is 8.50. The van der Waals surface area contributed by atoms with Crippen LogP contribution in [0.1, 0.15) is 36.2 Å². The molecular formula is C29H34F3N7O3. The fraction of sp³-hybridized carbons (Fsp3) is 0.448. The van der Waals surface area contributed by atoms with Crippen molar-refractivity contribution in [2.75, 3.05) is 61.6 Å². The Balaban J connectivity index is 1.58. The number of rotatable bonds is 6. The average molecular weight is 586 g/mol. The van der Waals surface area contributed by atoms with Gasteiger partial charge in [0, 0.05) is 74.9 Å². The van der Waals surface area contributed by atoms with Gasteiger partial charge in [-0.15, -0.1) is 0 Å². The van der Waals surface area contributed by atoms with Crippen molar-refractivity contribution in [1.82, 2.24) is 19.4 Å². The van der Waals surface area contributed by atoms with Gasteiger partial charge in [-0.25, -0.2) is 23.1 Å². The van der Waals surface area contributed by atoms with Crippen molar-refractivity contribution in [2.24, 2.45) is 7.05 Å². The van der Waals surface area contributed by atoms with E-state index in [2.05, 4.69) is 34.0 Å². The number of benzene rings is 1. The van der Waals surface area contributed by atoms with Crippen molar-refractivity contribution in [3.8, 4) is 11.3 Å². The molecule has 2 atom stereocenters. The van der Waals surface area contributed by atoms with Crippen LogP contribution in [0.5, 0.6) is 0 Å². The summed E-state index contributed by atoms with van der Waals surface area (Å²) < 4.78 is 50.0. The van der Waals surface area contributed by atoms with Crippen LogP contribution in [-0.4, -0.2) is 83.9 Å². The Morgan fingerprint density at radius 3 is 2.43 bits per heavy atom. The maximum atomic E-state index is 15.9. The number of pyridine rings is 1. The number of morpholine rings is 1. The molecule has 2 saturated heterocycles. The molecule has 2 aliphatic heterocycles. The summed E-state index contributed by atoms with van der Waals surface area (Å²) in [4.78, 5) is 40.6. The number of hydrogen-bond donors (Lipinski definition) is 1. The van der Waals surface area contributed by atoms with E-state index in [-0.39, 0.29) is 28.9 Å². The summed E-state index contributed by atoms with van der Waals surface area (Å²) in [7, 11) is 3.40. The summed E-state index contributed by atoms with van der Waals surface area (Å²) in [5.41, 5.74) is -0.597. The highest BCUT2D eigenvalue weighted by atomic mass is 19.3. The minimum absolute atomic E-state index is 0.121. The molecule has 1 amide bonds.